The molecule has 0 bridgehead atoms. The second kappa shape index (κ2) is 7.98. The highest BCUT2D eigenvalue weighted by atomic mass is 16.5. The van der Waals surface area contributed by atoms with Gasteiger partial charge >= 0.3 is 5.97 Å². The van der Waals surface area contributed by atoms with Crippen LogP contribution < -0.4 is 4.74 Å². The van der Waals surface area contributed by atoms with Crippen LogP contribution in [0.3, 0.4) is 0 Å². The molecular weight excluding hydrogens is 280 g/mol. The van der Waals surface area contributed by atoms with Crippen LogP contribution in [0.2, 0.25) is 0 Å². The van der Waals surface area contributed by atoms with E-state index in [1.165, 1.54) is 0 Å². The Kier molecular flexibility index (Phi) is 5.72. The summed E-state index contributed by atoms with van der Waals surface area (Å²) >= 11 is 0. The number of para-hydroxylation sites is 1. The normalized spacial score (nSPS) is 10.0. The standard InChI is InChI=1S/C18H18O4/c1-21-17-10-6-5-9-15(17)11-12-16(19)18(20)22-13-14-7-3-2-4-8-14/h2-10H,11-13H2,1H3. The zero-order chi connectivity index (χ0) is 15.8. The predicted octanol–water partition coefficient (Wildman–Crippen LogP) is 2.94. The van der Waals surface area contributed by atoms with E-state index in [0.29, 0.717) is 12.2 Å². The van der Waals surface area contributed by atoms with Gasteiger partial charge in [-0.3, -0.25) is 4.79 Å². The van der Waals surface area contributed by atoms with E-state index in [1.54, 1.807) is 7.11 Å². The van der Waals surface area contributed by atoms with E-state index in [1.807, 2.05) is 54.6 Å². The molecule has 114 valence electrons. The first kappa shape index (κ1) is 15.8. The summed E-state index contributed by atoms with van der Waals surface area (Å²) in [7, 11) is 1.58. The molecule has 2 rings (SSSR count). The SMILES string of the molecule is COc1ccccc1CCC(=O)C(=O)OCc1ccccc1. The number of aryl methyl sites for hydroxylation is 1. The topological polar surface area (TPSA) is 52.6 Å². The Balaban J connectivity index is 1.83. The number of hydrogen-bond acceptors (Lipinski definition) is 4. The van der Waals surface area contributed by atoms with Gasteiger partial charge < -0.3 is 9.47 Å². The third-order valence-corrected chi connectivity index (χ3v) is 3.25. The number of esters is 1. The molecule has 0 heterocycles. The van der Waals surface area contributed by atoms with Gasteiger partial charge in [0.15, 0.2) is 0 Å². The van der Waals surface area contributed by atoms with Gasteiger partial charge in [0.1, 0.15) is 12.4 Å². The Labute approximate surface area is 129 Å². The van der Waals surface area contributed by atoms with E-state index >= 15 is 0 Å². The summed E-state index contributed by atoms with van der Waals surface area (Å²) in [5, 5.41) is 0. The summed E-state index contributed by atoms with van der Waals surface area (Å²) in [4.78, 5) is 23.5. The summed E-state index contributed by atoms with van der Waals surface area (Å²) < 4.78 is 10.2. The second-order valence-corrected chi connectivity index (χ2v) is 4.80. The van der Waals surface area contributed by atoms with Crippen LogP contribution in [0.15, 0.2) is 54.6 Å². The lowest BCUT2D eigenvalue weighted by Gasteiger charge is -2.07. The van der Waals surface area contributed by atoms with Gasteiger partial charge in [-0.1, -0.05) is 48.5 Å². The zero-order valence-corrected chi connectivity index (χ0v) is 12.5. The van der Waals surface area contributed by atoms with Gasteiger partial charge in [0, 0.05) is 6.42 Å². The van der Waals surface area contributed by atoms with Gasteiger partial charge in [-0.05, 0) is 23.6 Å². The number of ketones is 1. The van der Waals surface area contributed by atoms with Crippen molar-refractivity contribution >= 4 is 11.8 Å². The number of rotatable bonds is 7. The molecule has 0 N–H and O–H groups in total. The number of carbonyl (C=O) groups is 2. The Morgan fingerprint density at radius 2 is 1.64 bits per heavy atom. The average molecular weight is 298 g/mol. The fourth-order valence-corrected chi connectivity index (χ4v) is 2.06. The summed E-state index contributed by atoms with van der Waals surface area (Å²) in [6.45, 7) is 0.111. The van der Waals surface area contributed by atoms with Crippen LogP contribution in [0.1, 0.15) is 17.5 Å². The van der Waals surface area contributed by atoms with Gasteiger partial charge in [-0.2, -0.15) is 0 Å². The maximum absolute atomic E-state index is 11.8. The molecule has 0 atom stereocenters. The average Bonchev–Trinajstić information content (AvgIpc) is 2.58. The fraction of sp³-hybridized carbons (Fsp3) is 0.222. The molecule has 0 saturated carbocycles. The Morgan fingerprint density at radius 3 is 2.36 bits per heavy atom. The molecule has 0 fully saturated rings. The van der Waals surface area contributed by atoms with Crippen molar-refractivity contribution in [3.05, 3.63) is 65.7 Å². The Hall–Kier alpha value is -2.62. The Morgan fingerprint density at radius 1 is 0.955 bits per heavy atom. The third kappa shape index (κ3) is 4.45. The number of ether oxygens (including phenoxy) is 2. The first-order valence-electron chi connectivity index (χ1n) is 7.06. The van der Waals surface area contributed by atoms with Gasteiger partial charge in [0.05, 0.1) is 7.11 Å². The van der Waals surface area contributed by atoms with Crippen LogP contribution in [0.5, 0.6) is 5.75 Å². The molecule has 2 aromatic carbocycles. The predicted molar refractivity (Wildman–Crippen MR) is 82.6 cm³/mol. The highest BCUT2D eigenvalue weighted by Crippen LogP contribution is 2.19. The number of hydrogen-bond donors (Lipinski definition) is 0. The molecule has 4 nitrogen and oxygen atoms in total. The minimum atomic E-state index is -0.793. The van der Waals surface area contributed by atoms with Crippen molar-refractivity contribution < 1.29 is 19.1 Å². The monoisotopic (exact) mass is 298 g/mol. The van der Waals surface area contributed by atoms with Crippen LogP contribution in [0.25, 0.3) is 0 Å². The van der Waals surface area contributed by atoms with Crippen molar-refractivity contribution in [1.82, 2.24) is 0 Å². The smallest absolute Gasteiger partial charge is 0.374 e. The maximum Gasteiger partial charge on any atom is 0.374 e. The highest BCUT2D eigenvalue weighted by molar-refractivity contribution is 6.33. The summed E-state index contributed by atoms with van der Waals surface area (Å²) in [6, 6.07) is 16.7. The first-order valence-corrected chi connectivity index (χ1v) is 7.06. The van der Waals surface area contributed by atoms with Crippen molar-refractivity contribution in [2.45, 2.75) is 19.4 Å². The third-order valence-electron chi connectivity index (χ3n) is 3.25. The lowest BCUT2D eigenvalue weighted by molar-refractivity contribution is -0.154. The molecular formula is C18H18O4. The molecule has 0 aromatic heterocycles. The lowest BCUT2D eigenvalue weighted by Crippen LogP contribution is -2.18. The van der Waals surface area contributed by atoms with Crippen molar-refractivity contribution in [2.75, 3.05) is 7.11 Å². The van der Waals surface area contributed by atoms with Crippen molar-refractivity contribution in [1.29, 1.82) is 0 Å². The minimum absolute atomic E-state index is 0.105. The van der Waals surface area contributed by atoms with Crippen LogP contribution in [-0.2, 0) is 27.4 Å². The van der Waals surface area contributed by atoms with E-state index in [2.05, 4.69) is 0 Å². The molecule has 0 aliphatic carbocycles. The quantitative estimate of drug-likeness (QED) is 0.582. The first-order chi connectivity index (χ1) is 10.7. The molecule has 0 amide bonds. The van der Waals surface area contributed by atoms with Gasteiger partial charge in [0.25, 0.3) is 0 Å². The summed E-state index contributed by atoms with van der Waals surface area (Å²) in [5.74, 6) is -0.603. The van der Waals surface area contributed by atoms with Crippen molar-refractivity contribution in [3.63, 3.8) is 0 Å². The van der Waals surface area contributed by atoms with Crippen LogP contribution >= 0.6 is 0 Å². The van der Waals surface area contributed by atoms with Crippen LogP contribution in [-0.4, -0.2) is 18.9 Å². The number of carbonyl (C=O) groups excluding carboxylic acids is 2. The largest absolute Gasteiger partial charge is 0.496 e. The van der Waals surface area contributed by atoms with Crippen molar-refractivity contribution in [3.8, 4) is 5.75 Å². The molecule has 0 radical (unpaired) electrons. The van der Waals surface area contributed by atoms with Crippen molar-refractivity contribution in [2.24, 2.45) is 0 Å². The fourth-order valence-electron chi connectivity index (χ4n) is 2.06. The van der Waals surface area contributed by atoms with Crippen LogP contribution in [0.4, 0.5) is 0 Å². The Bertz CT molecular complexity index is 635. The second-order valence-electron chi connectivity index (χ2n) is 4.80. The summed E-state index contributed by atoms with van der Waals surface area (Å²) in [5.41, 5.74) is 1.75. The van der Waals surface area contributed by atoms with E-state index < -0.39 is 11.8 Å². The van der Waals surface area contributed by atoms with Gasteiger partial charge in [0.2, 0.25) is 5.78 Å². The highest BCUT2D eigenvalue weighted by Gasteiger charge is 2.16. The molecule has 4 heteroatoms. The summed E-state index contributed by atoms with van der Waals surface area (Å²) in [6.07, 6.45) is 0.553. The molecule has 0 unspecified atom stereocenters. The van der Waals surface area contributed by atoms with E-state index in [-0.39, 0.29) is 13.0 Å². The molecule has 0 aliphatic heterocycles. The van der Waals surface area contributed by atoms with Crippen LogP contribution in [0, 0.1) is 0 Å². The minimum Gasteiger partial charge on any atom is -0.496 e. The molecule has 0 spiro atoms. The lowest BCUT2D eigenvalue weighted by atomic mass is 10.1. The number of benzene rings is 2. The molecule has 0 saturated heterocycles. The molecule has 0 aliphatic rings. The van der Waals surface area contributed by atoms with Gasteiger partial charge in [-0.15, -0.1) is 0 Å². The van der Waals surface area contributed by atoms with Gasteiger partial charge in [-0.25, -0.2) is 4.79 Å². The zero-order valence-electron chi connectivity index (χ0n) is 12.5. The molecule has 2 aromatic rings. The van der Waals surface area contributed by atoms with E-state index in [0.717, 1.165) is 11.1 Å². The van der Waals surface area contributed by atoms with E-state index in [4.69, 9.17) is 9.47 Å². The van der Waals surface area contributed by atoms with E-state index in [9.17, 15) is 9.59 Å². The molecule has 22 heavy (non-hydrogen) atoms. The number of methoxy groups -OCH3 is 1. The maximum atomic E-state index is 11.8. The number of Topliss-reactive ketones (excluding diaryl/α,β-unsaturated/α-hetero) is 1.